The van der Waals surface area contributed by atoms with Gasteiger partial charge in [0, 0.05) is 22.6 Å². The van der Waals surface area contributed by atoms with Crippen molar-refractivity contribution >= 4 is 39.6 Å². The van der Waals surface area contributed by atoms with Crippen LogP contribution in [0.5, 0.6) is 0 Å². The molecule has 2 saturated heterocycles. The van der Waals surface area contributed by atoms with Crippen molar-refractivity contribution in [1.82, 2.24) is 19.5 Å². The Morgan fingerprint density at radius 2 is 2.09 bits per heavy atom. The van der Waals surface area contributed by atoms with Crippen molar-refractivity contribution in [3.05, 3.63) is 10.2 Å². The van der Waals surface area contributed by atoms with Gasteiger partial charge in [0.25, 0.3) is 0 Å². The van der Waals surface area contributed by atoms with E-state index in [9.17, 15) is 5.11 Å². The van der Waals surface area contributed by atoms with Crippen molar-refractivity contribution < 1.29 is 19.3 Å². The van der Waals surface area contributed by atoms with E-state index in [1.807, 2.05) is 36.4 Å². The second-order valence-electron chi connectivity index (χ2n) is 6.01. The minimum Gasteiger partial charge on any atom is -0.394 e. The van der Waals surface area contributed by atoms with Gasteiger partial charge in [-0.15, -0.1) is 0 Å². The number of fused-ring (bicyclic) bond motifs is 2. The van der Waals surface area contributed by atoms with E-state index in [-0.39, 0.29) is 18.8 Å². The first-order chi connectivity index (χ1) is 10.9. The summed E-state index contributed by atoms with van der Waals surface area (Å²) >= 11 is 2.00. The molecule has 0 spiro atoms. The van der Waals surface area contributed by atoms with E-state index in [2.05, 4.69) is 15.0 Å². The molecule has 0 bridgehead atoms. The van der Waals surface area contributed by atoms with Crippen LogP contribution >= 0.6 is 22.6 Å². The molecule has 0 aromatic carbocycles. The van der Waals surface area contributed by atoms with Crippen LogP contribution in [-0.4, -0.2) is 55.3 Å². The molecule has 0 unspecified atom stereocenters. The summed E-state index contributed by atoms with van der Waals surface area (Å²) in [6.45, 7) is 3.52. The number of hydrogen-bond acceptors (Lipinski definition) is 8. The fourth-order valence-corrected chi connectivity index (χ4v) is 3.62. The van der Waals surface area contributed by atoms with E-state index >= 15 is 0 Å². The number of imidazole rings is 1. The van der Waals surface area contributed by atoms with Crippen LogP contribution in [0.15, 0.2) is 6.33 Å². The Hall–Kier alpha value is -1.08. The minimum absolute atomic E-state index is 0.154. The van der Waals surface area contributed by atoms with Gasteiger partial charge in [-0.25, -0.2) is 15.0 Å². The molecule has 4 atom stereocenters. The van der Waals surface area contributed by atoms with Crippen LogP contribution in [0, 0.1) is 3.83 Å². The molecule has 4 heterocycles. The highest BCUT2D eigenvalue weighted by Crippen LogP contribution is 2.43. The molecule has 0 amide bonds. The highest BCUT2D eigenvalue weighted by molar-refractivity contribution is 14.1. The van der Waals surface area contributed by atoms with Gasteiger partial charge in [-0.1, -0.05) is 0 Å². The van der Waals surface area contributed by atoms with Crippen LogP contribution in [0.3, 0.4) is 0 Å². The molecule has 2 aliphatic rings. The average Bonchev–Trinajstić information content (AvgIpc) is 3.09. The fourth-order valence-electron chi connectivity index (χ4n) is 3.13. The van der Waals surface area contributed by atoms with Gasteiger partial charge in [-0.05, 0) is 13.8 Å². The highest BCUT2D eigenvalue weighted by atomic mass is 127. The number of aromatic nitrogens is 4. The van der Waals surface area contributed by atoms with Gasteiger partial charge in [0.05, 0.1) is 12.9 Å². The molecule has 2 aromatic rings. The van der Waals surface area contributed by atoms with Gasteiger partial charge < -0.3 is 25.1 Å². The quantitative estimate of drug-likeness (QED) is 0.517. The van der Waals surface area contributed by atoms with Gasteiger partial charge in [0.15, 0.2) is 27.3 Å². The summed E-state index contributed by atoms with van der Waals surface area (Å²) in [6.07, 6.45) is -0.0947. The summed E-state index contributed by atoms with van der Waals surface area (Å²) in [4.78, 5) is 12.8. The van der Waals surface area contributed by atoms with Gasteiger partial charge in [0.1, 0.15) is 23.8 Å². The number of nitrogen functional groups attached to an aromatic ring is 1. The Kier molecular flexibility index (Phi) is 3.50. The van der Waals surface area contributed by atoms with Gasteiger partial charge in [-0.2, -0.15) is 0 Å². The molecule has 23 heavy (non-hydrogen) atoms. The molecule has 0 saturated carbocycles. The lowest BCUT2D eigenvalue weighted by molar-refractivity contribution is -0.199. The number of halogens is 1. The lowest BCUT2D eigenvalue weighted by Crippen LogP contribution is -2.31. The first kappa shape index (κ1) is 15.4. The fraction of sp³-hybridized carbons (Fsp3) is 0.615. The van der Waals surface area contributed by atoms with Crippen molar-refractivity contribution in [2.75, 3.05) is 12.3 Å². The smallest absolute Gasteiger partial charge is 0.194 e. The third kappa shape index (κ3) is 2.39. The van der Waals surface area contributed by atoms with Crippen LogP contribution in [-0.2, 0) is 14.2 Å². The molecule has 0 aliphatic carbocycles. The number of aliphatic hydroxyl groups is 1. The van der Waals surface area contributed by atoms with E-state index in [4.69, 9.17) is 19.9 Å². The van der Waals surface area contributed by atoms with Crippen molar-refractivity contribution in [1.29, 1.82) is 0 Å². The first-order valence-electron chi connectivity index (χ1n) is 7.17. The summed E-state index contributed by atoms with van der Waals surface area (Å²) in [5.41, 5.74) is 6.98. The molecule has 10 heteroatoms. The SMILES string of the molecule is CC1(C)O[C@@H]2[C@H](O1)[C@@H](n1cnc3c(N)nc(I)nc31)O[C@@H]2CO. The zero-order chi connectivity index (χ0) is 16.4. The zero-order valence-electron chi connectivity index (χ0n) is 12.5. The van der Waals surface area contributed by atoms with Gasteiger partial charge in [0.2, 0.25) is 0 Å². The number of rotatable bonds is 2. The van der Waals surface area contributed by atoms with Crippen LogP contribution < -0.4 is 5.73 Å². The number of nitrogens with zero attached hydrogens (tertiary/aromatic N) is 4. The normalized spacial score (nSPS) is 32.5. The lowest BCUT2D eigenvalue weighted by Gasteiger charge is -2.24. The summed E-state index contributed by atoms with van der Waals surface area (Å²) in [7, 11) is 0. The number of nitrogens with two attached hydrogens (primary N) is 1. The Labute approximate surface area is 145 Å². The largest absolute Gasteiger partial charge is 0.394 e. The summed E-state index contributed by atoms with van der Waals surface area (Å²) in [6, 6.07) is 0. The molecular weight excluding hydrogens is 417 g/mol. The number of anilines is 1. The highest BCUT2D eigenvalue weighted by Gasteiger charge is 2.55. The molecule has 2 aromatic heterocycles. The van der Waals surface area contributed by atoms with Gasteiger partial charge in [-0.3, -0.25) is 4.57 Å². The summed E-state index contributed by atoms with van der Waals surface area (Å²) < 4.78 is 20.0. The number of hydrogen-bond donors (Lipinski definition) is 2. The van der Waals surface area contributed by atoms with Crippen molar-refractivity contribution in [2.45, 2.75) is 44.2 Å². The van der Waals surface area contributed by atoms with Crippen LogP contribution in [0.25, 0.3) is 11.2 Å². The maximum absolute atomic E-state index is 9.57. The second kappa shape index (κ2) is 5.21. The molecule has 124 valence electrons. The lowest BCUT2D eigenvalue weighted by atomic mass is 10.1. The standard InChI is InChI=1S/C13H16IN5O4/c1-13(2)22-7-5(3-20)21-11(8(7)23-13)19-4-16-6-9(15)17-12(14)18-10(6)19/h4-5,7-8,11,20H,3H2,1-2H3,(H2,15,17,18)/t5-,7+,8+,11+/m1/s1. The van der Waals surface area contributed by atoms with Crippen molar-refractivity contribution in [3.63, 3.8) is 0 Å². The Bertz CT molecular complexity index is 766. The van der Waals surface area contributed by atoms with Crippen LogP contribution in [0.1, 0.15) is 20.1 Å². The molecule has 0 radical (unpaired) electrons. The maximum atomic E-state index is 9.57. The minimum atomic E-state index is -0.733. The monoisotopic (exact) mass is 433 g/mol. The zero-order valence-corrected chi connectivity index (χ0v) is 14.7. The van der Waals surface area contributed by atoms with E-state index in [0.717, 1.165) is 0 Å². The molecule has 9 nitrogen and oxygen atoms in total. The van der Waals surface area contributed by atoms with Crippen LogP contribution in [0.2, 0.25) is 0 Å². The predicted octanol–water partition coefficient (Wildman–Crippen LogP) is 0.423. The molecule has 2 aliphatic heterocycles. The van der Waals surface area contributed by atoms with E-state index in [1.165, 1.54) is 0 Å². The van der Waals surface area contributed by atoms with Crippen LogP contribution in [0.4, 0.5) is 5.82 Å². The topological polar surface area (TPSA) is 118 Å². The van der Waals surface area contributed by atoms with Gasteiger partial charge >= 0.3 is 0 Å². The molecule has 2 fully saturated rings. The average molecular weight is 433 g/mol. The molecular formula is C13H16IN5O4. The third-order valence-electron chi connectivity index (χ3n) is 4.00. The van der Waals surface area contributed by atoms with E-state index in [1.54, 1.807) is 10.9 Å². The van der Waals surface area contributed by atoms with Crippen molar-refractivity contribution in [3.8, 4) is 0 Å². The molecule has 3 N–H and O–H groups in total. The van der Waals surface area contributed by atoms with E-state index in [0.29, 0.717) is 20.8 Å². The number of aliphatic hydroxyl groups excluding tert-OH is 1. The Morgan fingerprint density at radius 3 is 2.83 bits per heavy atom. The Balaban J connectivity index is 1.79. The molecule has 4 rings (SSSR count). The maximum Gasteiger partial charge on any atom is 0.194 e. The number of ether oxygens (including phenoxy) is 3. The first-order valence-corrected chi connectivity index (χ1v) is 8.25. The summed E-state index contributed by atoms with van der Waals surface area (Å²) in [5, 5.41) is 9.57. The van der Waals surface area contributed by atoms with E-state index < -0.39 is 18.1 Å². The Morgan fingerprint density at radius 1 is 1.35 bits per heavy atom. The predicted molar refractivity (Wildman–Crippen MR) is 87.3 cm³/mol. The third-order valence-corrected chi connectivity index (χ3v) is 4.48. The summed E-state index contributed by atoms with van der Waals surface area (Å²) in [5.74, 6) is -0.417. The van der Waals surface area contributed by atoms with Crippen molar-refractivity contribution in [2.24, 2.45) is 0 Å². The second-order valence-corrected chi connectivity index (χ2v) is 6.98.